The number of nitrogens with zero attached hydrogens (tertiary/aromatic N) is 6. The molecule has 2 N–H and O–H groups in total. The van der Waals surface area contributed by atoms with Gasteiger partial charge in [-0.3, -0.25) is 19.3 Å². The molecule has 0 amide bonds. The smallest absolute Gasteiger partial charge is 0.380 e. The summed E-state index contributed by atoms with van der Waals surface area (Å²) in [6, 6.07) is 29.4. The van der Waals surface area contributed by atoms with Gasteiger partial charge in [0.25, 0.3) is 10.0 Å². The van der Waals surface area contributed by atoms with Crippen molar-refractivity contribution in [3.63, 3.8) is 0 Å². The van der Waals surface area contributed by atoms with Crippen LogP contribution in [0.2, 0.25) is 5.02 Å². The highest BCUT2D eigenvalue weighted by Crippen LogP contribution is 2.35. The SMILES string of the molecule is O=S(c1cc(S(=O)(=O)Nc2nnc3n2CCN(C2CCN(Cc4ccccc4-c4ccc(Cl)cc4)CC2)CC3)ccc1N[C@H](CCN1CCOCC1)CSc1ccccc1)C(F)(F)F. The number of halogens is 4. The number of hydrogen-bond acceptors (Lipinski definition) is 11. The van der Waals surface area contributed by atoms with E-state index in [-0.39, 0.29) is 17.7 Å². The summed E-state index contributed by atoms with van der Waals surface area (Å²) < 4.78 is 93.2. The van der Waals surface area contributed by atoms with Crippen molar-refractivity contribution in [2.45, 2.75) is 71.1 Å². The second-order valence-electron chi connectivity index (χ2n) is 16.2. The standard InChI is InChI=1S/C45H52ClF3N8O4S3/c46-35-12-10-33(11-13-35)40-9-5-4-6-34(40)31-55-21-17-37(18-22-55)56-23-19-43-51-52-44(57(43)25-24-56)53-64(59,60)39-14-15-41(42(30-39)63(58)45(47,48)49)50-36(16-20-54-26-28-61-29-27-54)32-62-38-7-2-1-3-8-38/h1-15,30,36-37,50H,16-29,31-32H2,(H,52,53)/t36-,63?/m1/s1. The Kier molecular flexibility index (Phi) is 15.3. The van der Waals surface area contributed by atoms with Gasteiger partial charge < -0.3 is 10.1 Å². The minimum atomic E-state index is -5.13. The molecule has 8 rings (SSSR count). The van der Waals surface area contributed by atoms with Crippen molar-refractivity contribution >= 4 is 55.8 Å². The molecule has 5 aromatic rings. The number of thioether (sulfide) groups is 1. The summed E-state index contributed by atoms with van der Waals surface area (Å²) in [5.41, 5.74) is -1.58. The molecule has 4 aromatic carbocycles. The Balaban J connectivity index is 0.920. The van der Waals surface area contributed by atoms with Gasteiger partial charge in [-0.2, -0.15) is 13.2 Å². The maximum absolute atomic E-state index is 14.2. The zero-order valence-corrected chi connectivity index (χ0v) is 38.5. The first-order valence-electron chi connectivity index (χ1n) is 21.5. The molecule has 0 radical (unpaired) electrons. The van der Waals surface area contributed by atoms with E-state index in [1.807, 2.05) is 42.5 Å². The number of likely N-dealkylation sites (tertiary alicyclic amines) is 1. The predicted molar refractivity (Wildman–Crippen MR) is 247 cm³/mol. The van der Waals surface area contributed by atoms with Crippen LogP contribution in [0.1, 0.15) is 30.7 Å². The molecule has 1 unspecified atom stereocenters. The summed E-state index contributed by atoms with van der Waals surface area (Å²) in [5.74, 6) is 1.10. The lowest BCUT2D eigenvalue weighted by atomic mass is 9.97. The van der Waals surface area contributed by atoms with Crippen molar-refractivity contribution in [3.8, 4) is 11.1 Å². The molecule has 64 heavy (non-hydrogen) atoms. The number of sulfonamides is 1. The Morgan fingerprint density at radius 1 is 0.859 bits per heavy atom. The van der Waals surface area contributed by atoms with Crippen LogP contribution in [0.4, 0.5) is 24.8 Å². The first-order chi connectivity index (χ1) is 30.9. The van der Waals surface area contributed by atoms with E-state index < -0.39 is 36.1 Å². The van der Waals surface area contributed by atoms with Crippen LogP contribution in [0.5, 0.6) is 0 Å². The van der Waals surface area contributed by atoms with Crippen LogP contribution < -0.4 is 10.0 Å². The molecule has 12 nitrogen and oxygen atoms in total. The van der Waals surface area contributed by atoms with Crippen LogP contribution in [0.15, 0.2) is 112 Å². The van der Waals surface area contributed by atoms with E-state index in [2.05, 4.69) is 71.3 Å². The van der Waals surface area contributed by atoms with E-state index in [0.29, 0.717) is 68.3 Å². The molecule has 2 atom stereocenters. The van der Waals surface area contributed by atoms with Gasteiger partial charge in [0.15, 0.2) is 10.8 Å². The molecule has 342 valence electrons. The van der Waals surface area contributed by atoms with Crippen LogP contribution >= 0.6 is 23.4 Å². The van der Waals surface area contributed by atoms with Gasteiger partial charge in [-0.15, -0.1) is 22.0 Å². The van der Waals surface area contributed by atoms with E-state index in [1.54, 1.807) is 16.3 Å². The molecule has 0 saturated carbocycles. The van der Waals surface area contributed by atoms with Gasteiger partial charge in [-0.1, -0.05) is 66.2 Å². The van der Waals surface area contributed by atoms with Crippen LogP contribution in [0, 0.1) is 0 Å². The molecule has 19 heteroatoms. The van der Waals surface area contributed by atoms with E-state index in [0.717, 1.165) is 68.6 Å². The summed E-state index contributed by atoms with van der Waals surface area (Å²) in [6.45, 7) is 7.89. The van der Waals surface area contributed by atoms with E-state index in [1.165, 1.54) is 23.3 Å². The number of fused-ring (bicyclic) bond motifs is 1. The first kappa shape index (κ1) is 46.5. The van der Waals surface area contributed by atoms with Crippen molar-refractivity contribution < 1.29 is 30.5 Å². The lowest BCUT2D eigenvalue weighted by molar-refractivity contribution is -0.0384. The van der Waals surface area contributed by atoms with Gasteiger partial charge in [0.1, 0.15) is 5.82 Å². The second-order valence-corrected chi connectivity index (χ2v) is 20.9. The van der Waals surface area contributed by atoms with Gasteiger partial charge in [-0.05, 0) is 91.5 Å². The van der Waals surface area contributed by atoms with Gasteiger partial charge in [-0.25, -0.2) is 17.3 Å². The summed E-state index contributed by atoms with van der Waals surface area (Å²) in [5, 5.41) is 12.4. The summed E-state index contributed by atoms with van der Waals surface area (Å²) >= 11 is 7.70. The van der Waals surface area contributed by atoms with Gasteiger partial charge in [0, 0.05) is 80.0 Å². The summed E-state index contributed by atoms with van der Waals surface area (Å²) in [4.78, 5) is 7.02. The number of hydrogen-bond donors (Lipinski definition) is 2. The monoisotopic (exact) mass is 956 g/mol. The zero-order chi connectivity index (χ0) is 44.7. The fourth-order valence-corrected chi connectivity index (χ4v) is 11.6. The highest BCUT2D eigenvalue weighted by molar-refractivity contribution is 7.99. The number of nitrogens with one attached hydrogen (secondary N) is 2. The Morgan fingerprint density at radius 3 is 2.34 bits per heavy atom. The average Bonchev–Trinajstić information content (AvgIpc) is 3.54. The van der Waals surface area contributed by atoms with Crippen molar-refractivity contribution in [2.75, 3.05) is 74.8 Å². The molecular formula is C45H52ClF3N8O4S3. The Morgan fingerprint density at radius 2 is 1.59 bits per heavy atom. The highest BCUT2D eigenvalue weighted by Gasteiger charge is 2.40. The molecule has 0 spiro atoms. The lowest BCUT2D eigenvalue weighted by Gasteiger charge is -2.38. The number of morpholine rings is 1. The number of alkyl halides is 3. The molecule has 0 aliphatic carbocycles. The minimum absolute atomic E-state index is 0.0205. The van der Waals surface area contributed by atoms with Crippen molar-refractivity contribution in [2.24, 2.45) is 0 Å². The number of benzene rings is 4. The molecule has 2 saturated heterocycles. The maximum Gasteiger partial charge on any atom is 0.475 e. The largest absolute Gasteiger partial charge is 0.475 e. The molecule has 0 bridgehead atoms. The highest BCUT2D eigenvalue weighted by atomic mass is 35.5. The quantitative estimate of drug-likeness (QED) is 0.0941. The predicted octanol–water partition coefficient (Wildman–Crippen LogP) is 7.84. The molecule has 4 heterocycles. The maximum atomic E-state index is 14.2. The van der Waals surface area contributed by atoms with Gasteiger partial charge in [0.05, 0.1) is 28.7 Å². The topological polar surface area (TPSA) is 125 Å². The molecule has 1 aromatic heterocycles. The molecular weight excluding hydrogens is 905 g/mol. The Labute approximate surface area is 384 Å². The number of aromatic nitrogens is 3. The third-order valence-corrected chi connectivity index (χ3v) is 16.0. The lowest BCUT2D eigenvalue weighted by Crippen LogP contribution is -2.45. The Hall–Kier alpha value is -4.01. The molecule has 2 fully saturated rings. The number of anilines is 2. The summed E-state index contributed by atoms with van der Waals surface area (Å²) in [6.07, 6.45) is 3.09. The van der Waals surface area contributed by atoms with Gasteiger partial charge >= 0.3 is 5.51 Å². The van der Waals surface area contributed by atoms with Crippen LogP contribution in [0.25, 0.3) is 11.1 Å². The van der Waals surface area contributed by atoms with Crippen LogP contribution in [-0.2, 0) is 45.1 Å². The molecule has 3 aliphatic heterocycles. The third kappa shape index (κ3) is 11.9. The third-order valence-electron chi connectivity index (χ3n) is 12.1. The van der Waals surface area contributed by atoms with Crippen molar-refractivity contribution in [1.29, 1.82) is 0 Å². The zero-order valence-electron chi connectivity index (χ0n) is 35.3. The van der Waals surface area contributed by atoms with Gasteiger partial charge in [0.2, 0.25) is 5.95 Å². The number of piperidine rings is 1. The second kappa shape index (κ2) is 21.1. The number of ether oxygens (including phenoxy) is 1. The van der Waals surface area contributed by atoms with E-state index in [9.17, 15) is 25.8 Å². The fourth-order valence-electron chi connectivity index (χ4n) is 8.57. The minimum Gasteiger partial charge on any atom is -0.380 e. The van der Waals surface area contributed by atoms with Crippen molar-refractivity contribution in [3.05, 3.63) is 113 Å². The average molecular weight is 958 g/mol. The Bertz CT molecular complexity index is 2470. The molecule has 3 aliphatic rings. The normalized spacial score (nSPS) is 18.2. The van der Waals surface area contributed by atoms with Crippen LogP contribution in [0.3, 0.4) is 0 Å². The fraction of sp³-hybridized carbons (Fsp3) is 0.422. The van der Waals surface area contributed by atoms with Crippen LogP contribution in [-0.4, -0.2) is 124 Å². The first-order valence-corrected chi connectivity index (χ1v) is 25.5. The van der Waals surface area contributed by atoms with E-state index >= 15 is 0 Å². The van der Waals surface area contributed by atoms with Crippen molar-refractivity contribution in [1.82, 2.24) is 29.5 Å². The number of rotatable bonds is 16. The van der Waals surface area contributed by atoms with E-state index in [4.69, 9.17) is 16.3 Å². The summed E-state index contributed by atoms with van der Waals surface area (Å²) in [7, 11) is -8.01.